The third-order valence-electron chi connectivity index (χ3n) is 12.5. The number of ether oxygens (including phenoxy) is 5. The fraction of sp³-hybridized carbons (Fsp3) is 0.981. The molecule has 0 saturated heterocycles. The second-order valence-electron chi connectivity index (χ2n) is 19.6. The van der Waals surface area contributed by atoms with Gasteiger partial charge in [-0.3, -0.25) is 0 Å². The van der Waals surface area contributed by atoms with E-state index in [0.29, 0.717) is 26.4 Å². The van der Waals surface area contributed by atoms with Gasteiger partial charge in [-0.1, -0.05) is 206 Å². The molecule has 7 heteroatoms. The predicted molar refractivity (Wildman–Crippen MR) is 259 cm³/mol. The van der Waals surface area contributed by atoms with Crippen LogP contribution in [0.1, 0.15) is 273 Å². The summed E-state index contributed by atoms with van der Waals surface area (Å²) < 4.78 is 30.0. The van der Waals surface area contributed by atoms with E-state index >= 15 is 0 Å². The lowest BCUT2D eigenvalue weighted by molar-refractivity contribution is -0.0779. The maximum absolute atomic E-state index is 12.8. The minimum absolute atomic E-state index is 0.192. The van der Waals surface area contributed by atoms with Crippen molar-refractivity contribution in [2.24, 2.45) is 0 Å². The van der Waals surface area contributed by atoms with Crippen molar-refractivity contribution in [1.82, 2.24) is 5.32 Å². The highest BCUT2D eigenvalue weighted by Crippen LogP contribution is 2.21. The van der Waals surface area contributed by atoms with E-state index in [1.54, 1.807) is 7.11 Å². The van der Waals surface area contributed by atoms with E-state index in [2.05, 4.69) is 46.9 Å². The Balaban J connectivity index is 4.36. The number of unbranched alkanes of at least 4 members (excludes halogenated alkanes) is 30. The van der Waals surface area contributed by atoms with Crippen LogP contribution in [0, 0.1) is 0 Å². The van der Waals surface area contributed by atoms with Gasteiger partial charge in [0.2, 0.25) is 0 Å². The Labute approximate surface area is 375 Å². The first-order chi connectivity index (χ1) is 29.1. The molecular formula is C53H107NO6. The summed E-state index contributed by atoms with van der Waals surface area (Å²) in [5.41, 5.74) is -0.458. The minimum atomic E-state index is -0.392. The number of alkyl carbamates (subject to hydrolysis) is 1. The first-order valence-electron chi connectivity index (χ1n) is 26.4. The van der Waals surface area contributed by atoms with Gasteiger partial charge in [-0.25, -0.2) is 4.79 Å². The van der Waals surface area contributed by atoms with Gasteiger partial charge in [0, 0.05) is 26.9 Å². The van der Waals surface area contributed by atoms with Crippen LogP contribution in [0.4, 0.5) is 4.79 Å². The van der Waals surface area contributed by atoms with E-state index in [1.807, 2.05) is 6.92 Å². The summed E-state index contributed by atoms with van der Waals surface area (Å²) in [4.78, 5) is 12.8. The Morgan fingerprint density at radius 3 is 1.27 bits per heavy atom. The Hall–Kier alpha value is -0.890. The molecule has 60 heavy (non-hydrogen) atoms. The molecule has 0 saturated carbocycles. The normalized spacial score (nSPS) is 13.2. The summed E-state index contributed by atoms with van der Waals surface area (Å²) in [5, 5.41) is 2.95. The van der Waals surface area contributed by atoms with Gasteiger partial charge in [0.25, 0.3) is 0 Å². The molecule has 0 aromatic carbocycles. The maximum atomic E-state index is 12.8. The van der Waals surface area contributed by atoms with E-state index in [0.717, 1.165) is 38.7 Å². The van der Waals surface area contributed by atoms with Gasteiger partial charge in [0.15, 0.2) is 0 Å². The Bertz CT molecular complexity index is 881. The molecule has 0 radical (unpaired) electrons. The predicted octanol–water partition coefficient (Wildman–Crippen LogP) is 16.4. The average molecular weight is 854 g/mol. The van der Waals surface area contributed by atoms with Gasteiger partial charge in [0.1, 0.15) is 12.2 Å². The first kappa shape index (κ1) is 59.1. The molecule has 2 unspecified atom stereocenters. The van der Waals surface area contributed by atoms with E-state index in [4.69, 9.17) is 23.7 Å². The van der Waals surface area contributed by atoms with Crippen molar-refractivity contribution < 1.29 is 28.5 Å². The van der Waals surface area contributed by atoms with Crippen LogP contribution < -0.4 is 5.32 Å². The zero-order chi connectivity index (χ0) is 44.3. The van der Waals surface area contributed by atoms with Gasteiger partial charge < -0.3 is 29.0 Å². The molecule has 0 heterocycles. The van der Waals surface area contributed by atoms with Crippen LogP contribution in [0.15, 0.2) is 0 Å². The topological polar surface area (TPSA) is 75.3 Å². The smallest absolute Gasteiger partial charge is 0.407 e. The number of methoxy groups -OCH3 is 1. The van der Waals surface area contributed by atoms with Crippen LogP contribution in [-0.4, -0.2) is 69.6 Å². The number of amides is 1. The van der Waals surface area contributed by atoms with Crippen molar-refractivity contribution in [3.05, 3.63) is 0 Å². The van der Waals surface area contributed by atoms with Crippen molar-refractivity contribution >= 4 is 6.09 Å². The highest BCUT2D eigenvalue weighted by Gasteiger charge is 2.24. The molecule has 1 amide bonds. The molecule has 2 atom stereocenters. The van der Waals surface area contributed by atoms with Crippen LogP contribution in [0.2, 0.25) is 0 Å². The fourth-order valence-corrected chi connectivity index (χ4v) is 7.89. The molecule has 7 nitrogen and oxygen atoms in total. The lowest BCUT2D eigenvalue weighted by Gasteiger charge is -2.29. The molecular weight excluding hydrogens is 747 g/mol. The monoisotopic (exact) mass is 854 g/mol. The quantitative estimate of drug-likeness (QED) is 0.0615. The van der Waals surface area contributed by atoms with Gasteiger partial charge in [-0.05, 0) is 66.7 Å². The third-order valence-corrected chi connectivity index (χ3v) is 12.5. The van der Waals surface area contributed by atoms with Crippen LogP contribution in [0.25, 0.3) is 0 Å². The number of hydrogen-bond acceptors (Lipinski definition) is 6. The van der Waals surface area contributed by atoms with Crippen molar-refractivity contribution in [1.29, 1.82) is 0 Å². The van der Waals surface area contributed by atoms with Crippen molar-refractivity contribution in [3.8, 4) is 0 Å². The van der Waals surface area contributed by atoms with Gasteiger partial charge in [-0.15, -0.1) is 0 Å². The van der Waals surface area contributed by atoms with Gasteiger partial charge >= 0.3 is 6.09 Å². The second-order valence-corrected chi connectivity index (χ2v) is 19.6. The molecule has 360 valence electrons. The standard InChI is InChI=1S/C53H107NO6/c1-9-11-13-15-17-19-21-23-25-27-29-31-33-35-37-39-45-57-48-50(58-46-40-38-36-34-32-30-28-26-24-22-20-18-16-14-12-10-2)49(3)60-51(55)54-44-41-42-53(6,7)59-47-43-52(4,5)56-8/h49-50H,9-48H2,1-8H3,(H,54,55). The van der Waals surface area contributed by atoms with Crippen molar-refractivity contribution in [2.45, 2.75) is 297 Å². The van der Waals surface area contributed by atoms with Crippen LogP contribution in [0.5, 0.6) is 0 Å². The number of carbonyl (C=O) groups excluding carboxylic acids is 1. The maximum Gasteiger partial charge on any atom is 0.407 e. The number of hydrogen-bond donors (Lipinski definition) is 1. The zero-order valence-corrected chi connectivity index (χ0v) is 41.9. The van der Waals surface area contributed by atoms with Crippen LogP contribution in [0.3, 0.4) is 0 Å². The third kappa shape index (κ3) is 42.4. The Morgan fingerprint density at radius 2 is 0.867 bits per heavy atom. The highest BCUT2D eigenvalue weighted by molar-refractivity contribution is 5.67. The lowest BCUT2D eigenvalue weighted by Crippen LogP contribution is -2.39. The molecule has 0 rings (SSSR count). The summed E-state index contributed by atoms with van der Waals surface area (Å²) in [7, 11) is 1.74. The van der Waals surface area contributed by atoms with Crippen molar-refractivity contribution in [2.75, 3.05) is 40.1 Å². The molecule has 1 N–H and O–H groups in total. The van der Waals surface area contributed by atoms with Crippen LogP contribution in [-0.2, 0) is 23.7 Å². The summed E-state index contributed by atoms with van der Waals surface area (Å²) in [6.45, 7) is 17.9. The summed E-state index contributed by atoms with van der Waals surface area (Å²) >= 11 is 0. The fourth-order valence-electron chi connectivity index (χ4n) is 7.89. The summed E-state index contributed by atoms with van der Waals surface area (Å²) in [6, 6.07) is 0. The Kier molecular flexibility index (Phi) is 42.7. The van der Waals surface area contributed by atoms with Crippen LogP contribution >= 0.6 is 0 Å². The largest absolute Gasteiger partial charge is 0.444 e. The molecule has 0 aromatic heterocycles. The molecule has 0 aliphatic heterocycles. The minimum Gasteiger partial charge on any atom is -0.444 e. The van der Waals surface area contributed by atoms with E-state index in [-0.39, 0.29) is 23.4 Å². The summed E-state index contributed by atoms with van der Waals surface area (Å²) in [6.07, 6.45) is 44.9. The second kappa shape index (κ2) is 43.4. The number of nitrogens with one attached hydrogen (secondary N) is 1. The molecule has 0 aliphatic carbocycles. The SMILES string of the molecule is CCCCCCCCCCCCCCCCCCOCC(OCCCCCCCCCCCCCCCCCC)C(C)OC(=O)NCCCC(C)(C)OCCC(C)(C)OC. The highest BCUT2D eigenvalue weighted by atomic mass is 16.6. The molecule has 0 fully saturated rings. The average Bonchev–Trinajstić information content (AvgIpc) is 3.22. The van der Waals surface area contributed by atoms with E-state index < -0.39 is 6.09 Å². The molecule has 0 spiro atoms. The summed E-state index contributed by atoms with van der Waals surface area (Å²) in [5.74, 6) is 0. The molecule has 0 bridgehead atoms. The van der Waals surface area contributed by atoms with Gasteiger partial charge in [0.05, 0.1) is 24.4 Å². The molecule has 0 aromatic rings. The molecule has 0 aliphatic rings. The van der Waals surface area contributed by atoms with E-state index in [1.165, 1.54) is 193 Å². The van der Waals surface area contributed by atoms with Gasteiger partial charge in [-0.2, -0.15) is 0 Å². The van der Waals surface area contributed by atoms with Crippen molar-refractivity contribution in [3.63, 3.8) is 0 Å². The van der Waals surface area contributed by atoms with E-state index in [9.17, 15) is 4.79 Å². The Morgan fingerprint density at radius 1 is 0.483 bits per heavy atom. The lowest BCUT2D eigenvalue weighted by atomic mass is 10.0. The zero-order valence-electron chi connectivity index (χ0n) is 41.9. The number of rotatable bonds is 48. The number of carbonyl (C=O) groups is 1. The first-order valence-corrected chi connectivity index (χ1v) is 26.4.